The molecule has 2 aromatic rings. The first kappa shape index (κ1) is 20.2. The Kier molecular flexibility index (Phi) is 7.34. The Labute approximate surface area is 167 Å². The molecule has 1 aliphatic rings. The van der Waals surface area contributed by atoms with Crippen LogP contribution < -0.4 is 14.4 Å². The highest BCUT2D eigenvalue weighted by atomic mass is 16.5. The number of hydrogen-bond acceptors (Lipinski definition) is 5. The summed E-state index contributed by atoms with van der Waals surface area (Å²) in [4.78, 5) is 4.68. The molecule has 5 heteroatoms. The van der Waals surface area contributed by atoms with Crippen molar-refractivity contribution in [2.45, 2.75) is 13.0 Å². The summed E-state index contributed by atoms with van der Waals surface area (Å²) >= 11 is 0. The molecular weight excluding hydrogens is 352 g/mol. The molecule has 1 N–H and O–H groups in total. The Bertz CT molecular complexity index is 756. The number of benzene rings is 2. The van der Waals surface area contributed by atoms with Gasteiger partial charge in [-0.05, 0) is 36.8 Å². The van der Waals surface area contributed by atoms with Gasteiger partial charge in [-0.25, -0.2) is 0 Å². The Balaban J connectivity index is 1.46. The van der Waals surface area contributed by atoms with Crippen LogP contribution in [-0.2, 0) is 0 Å². The molecule has 1 aliphatic heterocycles. The van der Waals surface area contributed by atoms with Gasteiger partial charge in [0.15, 0.2) is 11.5 Å². The standard InChI is InChI=1S/C23H30N2O3/c1-3-7-19-10-11-22(23(16-19)27-2)28-18-21(26)17-24-12-14-25(15-13-24)20-8-5-4-6-9-20/h3-11,16,21,26H,12-15,17-18H2,1-2H3/b7-3+/t21-/m1/s1. The van der Waals surface area contributed by atoms with Gasteiger partial charge >= 0.3 is 0 Å². The Morgan fingerprint density at radius 3 is 2.46 bits per heavy atom. The van der Waals surface area contributed by atoms with Crippen molar-refractivity contribution in [3.8, 4) is 11.5 Å². The van der Waals surface area contributed by atoms with Crippen LogP contribution in [0.2, 0.25) is 0 Å². The SMILES string of the molecule is C/C=C/c1ccc(OC[C@H](O)CN2CCN(c3ccccc3)CC2)c(OC)c1. The number of para-hydroxylation sites is 1. The summed E-state index contributed by atoms with van der Waals surface area (Å²) in [5.41, 5.74) is 2.32. The fraction of sp³-hybridized carbons (Fsp3) is 0.391. The maximum atomic E-state index is 10.4. The fourth-order valence-electron chi connectivity index (χ4n) is 3.46. The van der Waals surface area contributed by atoms with E-state index in [1.54, 1.807) is 7.11 Å². The lowest BCUT2D eigenvalue weighted by atomic mass is 10.2. The monoisotopic (exact) mass is 382 g/mol. The largest absolute Gasteiger partial charge is 0.493 e. The zero-order chi connectivity index (χ0) is 19.8. The average molecular weight is 383 g/mol. The third kappa shape index (κ3) is 5.50. The quantitative estimate of drug-likeness (QED) is 0.759. The van der Waals surface area contributed by atoms with E-state index in [2.05, 4.69) is 34.1 Å². The maximum absolute atomic E-state index is 10.4. The number of piperazine rings is 1. The molecule has 0 unspecified atom stereocenters. The van der Waals surface area contributed by atoms with Gasteiger partial charge in [0.2, 0.25) is 0 Å². The molecule has 1 atom stereocenters. The van der Waals surface area contributed by atoms with E-state index >= 15 is 0 Å². The number of anilines is 1. The molecule has 1 fully saturated rings. The summed E-state index contributed by atoms with van der Waals surface area (Å²) in [6.07, 6.45) is 3.45. The van der Waals surface area contributed by atoms with Gasteiger partial charge in [-0.15, -0.1) is 0 Å². The highest BCUT2D eigenvalue weighted by Gasteiger charge is 2.20. The van der Waals surface area contributed by atoms with E-state index in [1.807, 2.05) is 43.3 Å². The second kappa shape index (κ2) is 10.2. The van der Waals surface area contributed by atoms with Crippen LogP contribution in [0.3, 0.4) is 0 Å². The van der Waals surface area contributed by atoms with Crippen molar-refractivity contribution >= 4 is 11.8 Å². The van der Waals surface area contributed by atoms with E-state index in [0.717, 1.165) is 31.7 Å². The number of ether oxygens (including phenoxy) is 2. The second-order valence-electron chi connectivity index (χ2n) is 7.00. The molecule has 0 aliphatic carbocycles. The predicted molar refractivity (Wildman–Crippen MR) is 114 cm³/mol. The van der Waals surface area contributed by atoms with Gasteiger partial charge in [0.1, 0.15) is 12.7 Å². The first-order chi connectivity index (χ1) is 13.7. The molecule has 1 saturated heterocycles. The third-order valence-corrected chi connectivity index (χ3v) is 4.94. The molecule has 0 saturated carbocycles. The number of allylic oxidation sites excluding steroid dienone is 1. The molecule has 0 aromatic heterocycles. The van der Waals surface area contributed by atoms with Gasteiger partial charge in [0, 0.05) is 38.4 Å². The fourth-order valence-corrected chi connectivity index (χ4v) is 3.46. The molecule has 5 nitrogen and oxygen atoms in total. The highest BCUT2D eigenvalue weighted by molar-refractivity contribution is 5.55. The molecule has 28 heavy (non-hydrogen) atoms. The summed E-state index contributed by atoms with van der Waals surface area (Å²) < 4.78 is 11.2. The van der Waals surface area contributed by atoms with E-state index in [-0.39, 0.29) is 6.61 Å². The molecule has 0 amide bonds. The third-order valence-electron chi connectivity index (χ3n) is 4.94. The number of aliphatic hydroxyl groups excluding tert-OH is 1. The lowest BCUT2D eigenvalue weighted by Gasteiger charge is -2.36. The molecule has 150 valence electrons. The summed E-state index contributed by atoms with van der Waals surface area (Å²) in [7, 11) is 1.63. The molecular formula is C23H30N2O3. The van der Waals surface area contributed by atoms with Crippen molar-refractivity contribution in [3.05, 3.63) is 60.2 Å². The minimum Gasteiger partial charge on any atom is -0.493 e. The van der Waals surface area contributed by atoms with Crippen LogP contribution in [0.25, 0.3) is 6.08 Å². The summed E-state index contributed by atoms with van der Waals surface area (Å²) in [6.45, 7) is 6.66. The smallest absolute Gasteiger partial charge is 0.161 e. The number of β-amino-alcohol motifs (C(OH)–C–C–N with tert-alkyl or cyclic N) is 1. The van der Waals surface area contributed by atoms with Crippen LogP contribution in [0.1, 0.15) is 12.5 Å². The van der Waals surface area contributed by atoms with E-state index in [9.17, 15) is 5.11 Å². The van der Waals surface area contributed by atoms with Crippen molar-refractivity contribution in [1.29, 1.82) is 0 Å². The van der Waals surface area contributed by atoms with Crippen molar-refractivity contribution in [2.24, 2.45) is 0 Å². The van der Waals surface area contributed by atoms with Gasteiger partial charge in [0.05, 0.1) is 7.11 Å². The summed E-state index contributed by atoms with van der Waals surface area (Å²) in [5.74, 6) is 1.34. The zero-order valence-electron chi connectivity index (χ0n) is 16.8. The van der Waals surface area contributed by atoms with Crippen molar-refractivity contribution in [2.75, 3.05) is 51.3 Å². The van der Waals surface area contributed by atoms with Crippen LogP contribution in [-0.4, -0.2) is 62.6 Å². The van der Waals surface area contributed by atoms with Crippen LogP contribution >= 0.6 is 0 Å². The van der Waals surface area contributed by atoms with E-state index < -0.39 is 6.10 Å². The maximum Gasteiger partial charge on any atom is 0.161 e. The lowest BCUT2D eigenvalue weighted by Crippen LogP contribution is -2.49. The van der Waals surface area contributed by atoms with Gasteiger partial charge in [-0.3, -0.25) is 4.90 Å². The number of aliphatic hydroxyl groups is 1. The first-order valence-electron chi connectivity index (χ1n) is 9.83. The molecule has 2 aromatic carbocycles. The predicted octanol–water partition coefficient (Wildman–Crippen LogP) is 3.29. The van der Waals surface area contributed by atoms with Crippen LogP contribution in [0.4, 0.5) is 5.69 Å². The Hall–Kier alpha value is -2.50. The number of nitrogens with zero attached hydrogens (tertiary/aromatic N) is 2. The van der Waals surface area contributed by atoms with Crippen LogP contribution in [0.5, 0.6) is 11.5 Å². The highest BCUT2D eigenvalue weighted by Crippen LogP contribution is 2.28. The Morgan fingerprint density at radius 1 is 1.04 bits per heavy atom. The number of hydrogen-bond donors (Lipinski definition) is 1. The van der Waals surface area contributed by atoms with E-state index in [4.69, 9.17) is 9.47 Å². The van der Waals surface area contributed by atoms with Crippen molar-refractivity contribution < 1.29 is 14.6 Å². The minimum absolute atomic E-state index is 0.248. The molecule has 3 rings (SSSR count). The second-order valence-corrected chi connectivity index (χ2v) is 7.00. The van der Waals surface area contributed by atoms with Crippen molar-refractivity contribution in [3.63, 3.8) is 0 Å². The van der Waals surface area contributed by atoms with Gasteiger partial charge in [-0.2, -0.15) is 0 Å². The Morgan fingerprint density at radius 2 is 1.79 bits per heavy atom. The molecule has 0 spiro atoms. The topological polar surface area (TPSA) is 45.2 Å². The zero-order valence-corrected chi connectivity index (χ0v) is 16.8. The molecule has 0 radical (unpaired) electrons. The lowest BCUT2D eigenvalue weighted by molar-refractivity contribution is 0.0653. The van der Waals surface area contributed by atoms with E-state index in [0.29, 0.717) is 18.0 Å². The molecule has 0 bridgehead atoms. The number of methoxy groups -OCH3 is 1. The molecule has 1 heterocycles. The first-order valence-corrected chi connectivity index (χ1v) is 9.83. The average Bonchev–Trinajstić information content (AvgIpc) is 2.74. The van der Waals surface area contributed by atoms with Gasteiger partial charge in [0.25, 0.3) is 0 Å². The van der Waals surface area contributed by atoms with Crippen LogP contribution in [0, 0.1) is 0 Å². The van der Waals surface area contributed by atoms with Crippen molar-refractivity contribution in [1.82, 2.24) is 4.90 Å². The van der Waals surface area contributed by atoms with Gasteiger partial charge in [-0.1, -0.05) is 36.4 Å². The van der Waals surface area contributed by atoms with E-state index in [1.165, 1.54) is 5.69 Å². The summed E-state index contributed by atoms with van der Waals surface area (Å²) in [5, 5.41) is 10.4. The van der Waals surface area contributed by atoms with Gasteiger partial charge < -0.3 is 19.5 Å². The summed E-state index contributed by atoms with van der Waals surface area (Å²) in [6, 6.07) is 16.3. The van der Waals surface area contributed by atoms with Crippen LogP contribution in [0.15, 0.2) is 54.6 Å². The number of rotatable bonds is 8. The minimum atomic E-state index is -0.539. The normalized spacial score (nSPS) is 16.3.